The van der Waals surface area contributed by atoms with Gasteiger partial charge in [0.1, 0.15) is 11.6 Å². The topological polar surface area (TPSA) is 55.7 Å². The van der Waals surface area contributed by atoms with Crippen LogP contribution in [0.5, 0.6) is 0 Å². The molecule has 1 atom stereocenters. The van der Waals surface area contributed by atoms with Crippen molar-refractivity contribution in [3.63, 3.8) is 0 Å². The second kappa shape index (κ2) is 6.37. The molecule has 0 amide bonds. The summed E-state index contributed by atoms with van der Waals surface area (Å²) in [7, 11) is 0. The minimum Gasteiger partial charge on any atom is -0.344 e. The lowest BCUT2D eigenvalue weighted by molar-refractivity contribution is 0.237. The van der Waals surface area contributed by atoms with Gasteiger partial charge in [-0.1, -0.05) is 6.07 Å². The van der Waals surface area contributed by atoms with Crippen LogP contribution in [0.25, 0.3) is 0 Å². The van der Waals surface area contributed by atoms with E-state index in [1.54, 1.807) is 12.1 Å². The van der Waals surface area contributed by atoms with Gasteiger partial charge in [-0.15, -0.1) is 0 Å². The summed E-state index contributed by atoms with van der Waals surface area (Å²) in [5.41, 5.74) is 3.55. The summed E-state index contributed by atoms with van der Waals surface area (Å²) in [4.78, 5) is 10.7. The van der Waals surface area contributed by atoms with Gasteiger partial charge in [0.05, 0.1) is 23.4 Å². The fraction of sp³-hybridized carbons (Fsp3) is 0.474. The minimum atomic E-state index is -0.293. The Bertz CT molecular complexity index is 766. The zero-order chi connectivity index (χ0) is 16.5. The second-order valence-corrected chi connectivity index (χ2v) is 6.80. The van der Waals surface area contributed by atoms with Crippen molar-refractivity contribution in [2.24, 2.45) is 0 Å². The standard InChI is InChI=1S/C19H21FN4/c20-15-10-13(11-21)7-8-14(15)12-24-9-3-6-18(24)19-22-16-4-1-2-5-17(16)23-19/h7-8,10,18H,1-6,9,12H2,(H,22,23). The van der Waals surface area contributed by atoms with Crippen LogP contribution in [0.1, 0.15) is 60.1 Å². The number of nitrogens with zero attached hydrogens (tertiary/aromatic N) is 3. The van der Waals surface area contributed by atoms with Crippen molar-refractivity contribution in [2.75, 3.05) is 6.54 Å². The lowest BCUT2D eigenvalue weighted by atomic mass is 10.0. The number of aryl methyl sites for hydroxylation is 2. The molecule has 1 fully saturated rings. The number of imidazole rings is 1. The number of nitriles is 1. The number of aromatic nitrogens is 2. The molecule has 1 aromatic carbocycles. The zero-order valence-electron chi connectivity index (χ0n) is 13.7. The number of aromatic amines is 1. The van der Waals surface area contributed by atoms with E-state index in [1.165, 1.54) is 30.3 Å². The van der Waals surface area contributed by atoms with Crippen LogP contribution >= 0.6 is 0 Å². The minimum absolute atomic E-state index is 0.241. The third kappa shape index (κ3) is 2.83. The van der Waals surface area contributed by atoms with Crippen molar-refractivity contribution >= 4 is 0 Å². The molecule has 2 aromatic rings. The molecule has 1 unspecified atom stereocenters. The number of fused-ring (bicyclic) bond motifs is 1. The molecule has 24 heavy (non-hydrogen) atoms. The van der Waals surface area contributed by atoms with Crippen LogP contribution in [0, 0.1) is 17.1 Å². The summed E-state index contributed by atoms with van der Waals surface area (Å²) in [6.45, 7) is 1.52. The van der Waals surface area contributed by atoms with Gasteiger partial charge in [-0.25, -0.2) is 9.37 Å². The molecular formula is C19H21FN4. The van der Waals surface area contributed by atoms with Gasteiger partial charge in [-0.3, -0.25) is 4.90 Å². The lowest BCUT2D eigenvalue weighted by Crippen LogP contribution is -2.24. The number of halogens is 1. The first-order valence-electron chi connectivity index (χ1n) is 8.75. The first kappa shape index (κ1) is 15.3. The van der Waals surface area contributed by atoms with Crippen LogP contribution in [0.3, 0.4) is 0 Å². The van der Waals surface area contributed by atoms with Crippen LogP contribution in [-0.2, 0) is 19.4 Å². The van der Waals surface area contributed by atoms with Gasteiger partial charge in [0.2, 0.25) is 0 Å². The Morgan fingerprint density at radius 3 is 2.96 bits per heavy atom. The zero-order valence-corrected chi connectivity index (χ0v) is 13.7. The van der Waals surface area contributed by atoms with Gasteiger partial charge in [-0.05, 0) is 57.2 Å². The maximum atomic E-state index is 14.2. The summed E-state index contributed by atoms with van der Waals surface area (Å²) in [6.07, 6.45) is 6.79. The number of benzene rings is 1. The molecule has 0 saturated carbocycles. The molecule has 0 bridgehead atoms. The van der Waals surface area contributed by atoms with Crippen LogP contribution in [0.15, 0.2) is 18.2 Å². The van der Waals surface area contributed by atoms with Crippen molar-refractivity contribution in [1.82, 2.24) is 14.9 Å². The summed E-state index contributed by atoms with van der Waals surface area (Å²) in [6, 6.07) is 6.97. The highest BCUT2D eigenvalue weighted by molar-refractivity contribution is 5.33. The number of nitrogens with one attached hydrogen (secondary N) is 1. The molecular weight excluding hydrogens is 303 g/mol. The Morgan fingerprint density at radius 1 is 1.29 bits per heavy atom. The summed E-state index contributed by atoms with van der Waals surface area (Å²) >= 11 is 0. The maximum absolute atomic E-state index is 14.2. The van der Waals surface area contributed by atoms with Crippen molar-refractivity contribution in [3.05, 3.63) is 52.4 Å². The van der Waals surface area contributed by atoms with Crippen LogP contribution in [0.2, 0.25) is 0 Å². The average molecular weight is 324 g/mol. The van der Waals surface area contributed by atoms with Crippen LogP contribution in [0.4, 0.5) is 4.39 Å². The summed E-state index contributed by atoms with van der Waals surface area (Å²) < 4.78 is 14.2. The smallest absolute Gasteiger partial charge is 0.129 e. The Labute approximate surface area is 141 Å². The molecule has 4 nitrogen and oxygen atoms in total. The molecule has 1 aromatic heterocycles. The molecule has 1 aliphatic heterocycles. The molecule has 2 aliphatic rings. The number of hydrogen-bond acceptors (Lipinski definition) is 3. The number of hydrogen-bond donors (Lipinski definition) is 1. The van der Waals surface area contributed by atoms with E-state index in [0.29, 0.717) is 17.7 Å². The predicted octanol–water partition coefficient (Wildman–Crippen LogP) is 3.64. The molecule has 124 valence electrons. The van der Waals surface area contributed by atoms with E-state index in [9.17, 15) is 4.39 Å². The molecule has 1 aliphatic carbocycles. The highest BCUT2D eigenvalue weighted by Crippen LogP contribution is 2.33. The van der Waals surface area contributed by atoms with Gasteiger partial charge in [0.15, 0.2) is 0 Å². The molecule has 0 radical (unpaired) electrons. The fourth-order valence-corrected chi connectivity index (χ4v) is 3.92. The van der Waals surface area contributed by atoms with Crippen molar-refractivity contribution in [1.29, 1.82) is 5.26 Å². The maximum Gasteiger partial charge on any atom is 0.129 e. The van der Waals surface area contributed by atoms with E-state index >= 15 is 0 Å². The van der Waals surface area contributed by atoms with E-state index in [1.807, 2.05) is 6.07 Å². The summed E-state index contributed by atoms with van der Waals surface area (Å²) in [5.74, 6) is 0.756. The van der Waals surface area contributed by atoms with E-state index in [4.69, 9.17) is 10.2 Å². The Kier molecular flexibility index (Phi) is 4.07. The highest BCUT2D eigenvalue weighted by atomic mass is 19.1. The predicted molar refractivity (Wildman–Crippen MR) is 88.7 cm³/mol. The number of likely N-dealkylation sites (tertiary alicyclic amines) is 1. The molecule has 1 saturated heterocycles. The molecule has 0 spiro atoms. The summed E-state index contributed by atoms with van der Waals surface area (Å²) in [5, 5.41) is 8.87. The lowest BCUT2D eigenvalue weighted by Gasteiger charge is -2.23. The Hall–Kier alpha value is -2.19. The third-order valence-corrected chi connectivity index (χ3v) is 5.21. The van der Waals surface area contributed by atoms with Gasteiger partial charge >= 0.3 is 0 Å². The van der Waals surface area contributed by atoms with E-state index in [0.717, 1.165) is 38.1 Å². The second-order valence-electron chi connectivity index (χ2n) is 6.80. The molecule has 5 heteroatoms. The van der Waals surface area contributed by atoms with Gasteiger partial charge in [-0.2, -0.15) is 5.26 Å². The van der Waals surface area contributed by atoms with Crippen LogP contribution in [-0.4, -0.2) is 21.4 Å². The van der Waals surface area contributed by atoms with Gasteiger partial charge in [0.25, 0.3) is 0 Å². The fourth-order valence-electron chi connectivity index (χ4n) is 3.92. The monoisotopic (exact) mass is 324 g/mol. The molecule has 2 heterocycles. The van der Waals surface area contributed by atoms with E-state index in [2.05, 4.69) is 9.88 Å². The van der Waals surface area contributed by atoms with Crippen molar-refractivity contribution < 1.29 is 4.39 Å². The first-order valence-corrected chi connectivity index (χ1v) is 8.75. The van der Waals surface area contributed by atoms with Crippen molar-refractivity contribution in [3.8, 4) is 6.07 Å². The quantitative estimate of drug-likeness (QED) is 0.938. The van der Waals surface area contributed by atoms with Gasteiger partial charge in [0, 0.05) is 17.8 Å². The van der Waals surface area contributed by atoms with E-state index < -0.39 is 0 Å². The SMILES string of the molecule is N#Cc1ccc(CN2CCCC2c2nc3c([nH]2)CCCC3)c(F)c1. The largest absolute Gasteiger partial charge is 0.344 e. The molecule has 1 N–H and O–H groups in total. The number of rotatable bonds is 3. The van der Waals surface area contributed by atoms with E-state index in [-0.39, 0.29) is 11.9 Å². The van der Waals surface area contributed by atoms with Crippen LogP contribution < -0.4 is 0 Å². The Morgan fingerprint density at radius 2 is 2.17 bits per heavy atom. The first-order chi connectivity index (χ1) is 11.7. The normalized spacial score (nSPS) is 20.8. The molecule has 4 rings (SSSR count). The van der Waals surface area contributed by atoms with Gasteiger partial charge < -0.3 is 4.98 Å². The average Bonchev–Trinajstić information content (AvgIpc) is 3.22. The number of H-pyrrole nitrogens is 1. The Balaban J connectivity index is 1.55. The van der Waals surface area contributed by atoms with Crippen molar-refractivity contribution in [2.45, 2.75) is 51.1 Å². The highest BCUT2D eigenvalue weighted by Gasteiger charge is 2.30. The third-order valence-electron chi connectivity index (χ3n) is 5.21.